The quantitative estimate of drug-likeness (QED) is 0.690. The van der Waals surface area contributed by atoms with Crippen LogP contribution in [0.25, 0.3) is 0 Å². The molecule has 1 aliphatic rings. The predicted octanol–water partition coefficient (Wildman–Crippen LogP) is -1.50. The highest BCUT2D eigenvalue weighted by atomic mass is 16.5. The van der Waals surface area contributed by atoms with Crippen molar-refractivity contribution in [1.82, 2.24) is 15.0 Å². The summed E-state index contributed by atoms with van der Waals surface area (Å²) in [7, 11) is 0. The van der Waals surface area contributed by atoms with E-state index < -0.39 is 5.97 Å². The van der Waals surface area contributed by atoms with Crippen LogP contribution < -0.4 is 15.3 Å². The van der Waals surface area contributed by atoms with Gasteiger partial charge in [-0.25, -0.2) is 0 Å². The molecular weight excluding hydrogens is 238 g/mol. The van der Waals surface area contributed by atoms with Gasteiger partial charge >= 0.3 is 0 Å². The van der Waals surface area contributed by atoms with Gasteiger partial charge in [0.2, 0.25) is 11.9 Å². The SMILES string of the molecule is CCNc1nc(C(=O)[O-])nc(N2CCOCC2)n1. The summed E-state index contributed by atoms with van der Waals surface area (Å²) in [6.07, 6.45) is 0. The summed E-state index contributed by atoms with van der Waals surface area (Å²) < 4.78 is 5.22. The van der Waals surface area contributed by atoms with Crippen LogP contribution in [-0.2, 0) is 4.74 Å². The van der Waals surface area contributed by atoms with Crippen LogP contribution in [0.15, 0.2) is 0 Å². The number of morpholine rings is 1. The van der Waals surface area contributed by atoms with Crippen molar-refractivity contribution in [2.45, 2.75) is 6.92 Å². The molecule has 0 spiro atoms. The lowest BCUT2D eigenvalue weighted by Gasteiger charge is -2.27. The number of carbonyl (C=O) groups is 1. The number of nitrogens with one attached hydrogen (secondary N) is 1. The molecule has 1 N–H and O–H groups in total. The van der Waals surface area contributed by atoms with E-state index in [2.05, 4.69) is 20.3 Å². The number of ether oxygens (including phenoxy) is 1. The Morgan fingerprint density at radius 2 is 2.11 bits per heavy atom. The number of nitrogens with zero attached hydrogens (tertiary/aromatic N) is 4. The molecule has 8 heteroatoms. The molecular formula is C10H14N5O3-. The van der Waals surface area contributed by atoms with E-state index >= 15 is 0 Å². The first-order valence-corrected chi connectivity index (χ1v) is 5.74. The highest BCUT2D eigenvalue weighted by Crippen LogP contribution is 2.12. The van der Waals surface area contributed by atoms with Crippen LogP contribution in [0.4, 0.5) is 11.9 Å². The largest absolute Gasteiger partial charge is 0.541 e. The van der Waals surface area contributed by atoms with Crippen molar-refractivity contribution in [3.05, 3.63) is 5.82 Å². The third kappa shape index (κ3) is 2.83. The number of carboxylic acid groups (broad SMARTS) is 1. The first kappa shape index (κ1) is 12.5. The maximum atomic E-state index is 10.9. The number of rotatable bonds is 4. The highest BCUT2D eigenvalue weighted by molar-refractivity contribution is 5.81. The van der Waals surface area contributed by atoms with Gasteiger partial charge in [0.15, 0.2) is 5.82 Å². The Bertz CT molecular complexity index is 434. The van der Waals surface area contributed by atoms with Gasteiger partial charge in [0.25, 0.3) is 0 Å². The second-order valence-corrected chi connectivity index (χ2v) is 3.70. The van der Waals surface area contributed by atoms with Gasteiger partial charge in [-0.05, 0) is 6.92 Å². The summed E-state index contributed by atoms with van der Waals surface area (Å²) in [5.41, 5.74) is 0. The van der Waals surface area contributed by atoms with Gasteiger partial charge in [-0.2, -0.15) is 15.0 Å². The van der Waals surface area contributed by atoms with Crippen molar-refractivity contribution in [2.24, 2.45) is 0 Å². The van der Waals surface area contributed by atoms with Crippen molar-refractivity contribution >= 4 is 17.9 Å². The van der Waals surface area contributed by atoms with Crippen LogP contribution in [0.1, 0.15) is 17.5 Å². The third-order valence-corrected chi connectivity index (χ3v) is 2.43. The normalized spacial score (nSPS) is 15.5. The molecule has 1 aromatic rings. The van der Waals surface area contributed by atoms with E-state index in [-0.39, 0.29) is 11.8 Å². The minimum absolute atomic E-state index is 0.244. The summed E-state index contributed by atoms with van der Waals surface area (Å²) in [5, 5.41) is 13.7. The van der Waals surface area contributed by atoms with Gasteiger partial charge in [-0.3, -0.25) is 0 Å². The molecule has 1 aliphatic heterocycles. The second-order valence-electron chi connectivity index (χ2n) is 3.70. The van der Waals surface area contributed by atoms with Crippen molar-refractivity contribution in [3.8, 4) is 0 Å². The van der Waals surface area contributed by atoms with E-state index in [9.17, 15) is 9.90 Å². The molecule has 0 saturated carbocycles. The standard InChI is InChI=1S/C10H15N5O3/c1-2-11-9-12-7(8(16)17)13-10(14-9)15-3-5-18-6-4-15/h2-6H2,1H3,(H,16,17)(H,11,12,13,14)/p-1. The molecule has 0 unspecified atom stereocenters. The van der Waals surface area contributed by atoms with E-state index in [1.165, 1.54) is 0 Å². The minimum atomic E-state index is -1.41. The van der Waals surface area contributed by atoms with Crippen molar-refractivity contribution < 1.29 is 14.6 Å². The summed E-state index contributed by atoms with van der Waals surface area (Å²) in [6.45, 7) is 4.87. The lowest BCUT2D eigenvalue weighted by atomic mass is 10.4. The number of hydrogen-bond donors (Lipinski definition) is 1. The number of carboxylic acids is 1. The molecule has 2 heterocycles. The molecule has 0 radical (unpaired) electrons. The molecule has 0 amide bonds. The van der Waals surface area contributed by atoms with Gasteiger partial charge in [-0.15, -0.1) is 0 Å². The molecule has 0 aliphatic carbocycles. The zero-order chi connectivity index (χ0) is 13.0. The number of aromatic nitrogens is 3. The molecule has 1 aromatic heterocycles. The Labute approximate surface area is 104 Å². The Hall–Kier alpha value is -1.96. The maximum absolute atomic E-state index is 10.9. The average Bonchev–Trinajstić information content (AvgIpc) is 2.40. The predicted molar refractivity (Wildman–Crippen MR) is 61.4 cm³/mol. The van der Waals surface area contributed by atoms with Gasteiger partial charge < -0.3 is 24.9 Å². The minimum Gasteiger partial charge on any atom is -0.541 e. The molecule has 0 bridgehead atoms. The van der Waals surface area contributed by atoms with Crippen molar-refractivity contribution in [3.63, 3.8) is 0 Å². The fourth-order valence-electron chi connectivity index (χ4n) is 1.60. The van der Waals surface area contributed by atoms with E-state index in [1.54, 1.807) is 0 Å². The molecule has 1 fully saturated rings. The third-order valence-electron chi connectivity index (χ3n) is 2.43. The van der Waals surface area contributed by atoms with Crippen LogP contribution in [0, 0.1) is 0 Å². The van der Waals surface area contributed by atoms with Gasteiger partial charge in [0.1, 0.15) is 5.97 Å². The van der Waals surface area contributed by atoms with E-state index in [1.807, 2.05) is 11.8 Å². The maximum Gasteiger partial charge on any atom is 0.230 e. The summed E-state index contributed by atoms with van der Waals surface area (Å²) in [5.74, 6) is -1.19. The Morgan fingerprint density at radius 3 is 2.72 bits per heavy atom. The van der Waals surface area contributed by atoms with E-state index in [0.29, 0.717) is 38.8 Å². The first-order chi connectivity index (χ1) is 8.70. The van der Waals surface area contributed by atoms with Crippen LogP contribution >= 0.6 is 0 Å². The second kappa shape index (κ2) is 5.58. The number of carbonyl (C=O) groups excluding carboxylic acids is 1. The topological polar surface area (TPSA) is 103 Å². The fraction of sp³-hybridized carbons (Fsp3) is 0.600. The Morgan fingerprint density at radius 1 is 1.39 bits per heavy atom. The molecule has 2 rings (SSSR count). The number of aromatic carboxylic acids is 1. The molecule has 0 atom stereocenters. The molecule has 0 aromatic carbocycles. The zero-order valence-electron chi connectivity index (χ0n) is 10.0. The average molecular weight is 252 g/mol. The Balaban J connectivity index is 2.29. The molecule has 98 valence electrons. The number of anilines is 2. The van der Waals surface area contributed by atoms with Gasteiger partial charge in [-0.1, -0.05) is 0 Å². The van der Waals surface area contributed by atoms with Gasteiger partial charge in [0.05, 0.1) is 13.2 Å². The summed E-state index contributed by atoms with van der Waals surface area (Å²) >= 11 is 0. The van der Waals surface area contributed by atoms with Gasteiger partial charge in [0, 0.05) is 19.6 Å². The molecule has 1 saturated heterocycles. The van der Waals surface area contributed by atoms with E-state index in [0.717, 1.165) is 0 Å². The van der Waals surface area contributed by atoms with Crippen LogP contribution in [-0.4, -0.2) is 53.8 Å². The monoisotopic (exact) mass is 252 g/mol. The zero-order valence-corrected chi connectivity index (χ0v) is 10.0. The fourth-order valence-corrected chi connectivity index (χ4v) is 1.60. The van der Waals surface area contributed by atoms with Crippen molar-refractivity contribution in [1.29, 1.82) is 0 Å². The lowest BCUT2D eigenvalue weighted by molar-refractivity contribution is -0.256. The summed E-state index contributed by atoms with van der Waals surface area (Å²) in [4.78, 5) is 24.5. The van der Waals surface area contributed by atoms with Crippen LogP contribution in [0.5, 0.6) is 0 Å². The smallest absolute Gasteiger partial charge is 0.230 e. The number of hydrogen-bond acceptors (Lipinski definition) is 8. The van der Waals surface area contributed by atoms with Crippen molar-refractivity contribution in [2.75, 3.05) is 43.1 Å². The van der Waals surface area contributed by atoms with Crippen LogP contribution in [0.3, 0.4) is 0 Å². The first-order valence-electron chi connectivity index (χ1n) is 5.74. The summed E-state index contributed by atoms with van der Waals surface area (Å²) in [6, 6.07) is 0. The van der Waals surface area contributed by atoms with E-state index in [4.69, 9.17) is 4.74 Å². The lowest BCUT2D eigenvalue weighted by Crippen LogP contribution is -2.38. The van der Waals surface area contributed by atoms with Crippen LogP contribution in [0.2, 0.25) is 0 Å². The Kier molecular flexibility index (Phi) is 3.88. The highest BCUT2D eigenvalue weighted by Gasteiger charge is 2.16. The molecule has 8 nitrogen and oxygen atoms in total. The molecule has 18 heavy (non-hydrogen) atoms.